The molecule has 0 spiro atoms. The summed E-state index contributed by atoms with van der Waals surface area (Å²) in [7, 11) is 0. The summed E-state index contributed by atoms with van der Waals surface area (Å²) in [5.74, 6) is 0.785. The van der Waals surface area contributed by atoms with Crippen LogP contribution in [-0.2, 0) is 17.8 Å². The Labute approximate surface area is 134 Å². The zero-order valence-electron chi connectivity index (χ0n) is 13.0. The highest BCUT2D eigenvalue weighted by molar-refractivity contribution is 5.87. The number of hydrogen-bond donors (Lipinski definition) is 2. The van der Waals surface area contributed by atoms with E-state index in [2.05, 4.69) is 15.3 Å². The van der Waals surface area contributed by atoms with Crippen LogP contribution in [0.4, 0.5) is 0 Å². The number of pyridine rings is 1. The molecule has 5 nitrogen and oxygen atoms in total. The third-order valence-corrected chi connectivity index (χ3v) is 3.64. The van der Waals surface area contributed by atoms with Gasteiger partial charge in [-0.3, -0.25) is 4.79 Å². The number of fused-ring (bicyclic) bond motifs is 1. The van der Waals surface area contributed by atoms with Gasteiger partial charge >= 0.3 is 0 Å². The lowest BCUT2D eigenvalue weighted by molar-refractivity contribution is -0.120. The fourth-order valence-electron chi connectivity index (χ4n) is 2.53. The monoisotopic (exact) mass is 309 g/mol. The van der Waals surface area contributed by atoms with E-state index >= 15 is 0 Å². The van der Waals surface area contributed by atoms with E-state index in [1.807, 2.05) is 49.5 Å². The number of aromatic amines is 1. The number of nitrogens with zero attached hydrogens (tertiary/aromatic N) is 1. The van der Waals surface area contributed by atoms with Crippen molar-refractivity contribution < 1.29 is 9.53 Å². The summed E-state index contributed by atoms with van der Waals surface area (Å²) < 4.78 is 5.57. The Kier molecular flexibility index (Phi) is 4.57. The number of nitrogens with one attached hydrogen (secondary N) is 2. The normalized spacial score (nSPS) is 10.7. The van der Waals surface area contributed by atoms with Gasteiger partial charge in [0.15, 0.2) is 0 Å². The van der Waals surface area contributed by atoms with Crippen LogP contribution in [0.5, 0.6) is 5.75 Å². The highest BCUT2D eigenvalue weighted by atomic mass is 16.5. The maximum absolute atomic E-state index is 12.2. The van der Waals surface area contributed by atoms with Gasteiger partial charge in [0, 0.05) is 29.9 Å². The Balaban J connectivity index is 1.64. The lowest BCUT2D eigenvalue weighted by Gasteiger charge is -2.10. The number of benzene rings is 1. The highest BCUT2D eigenvalue weighted by Crippen LogP contribution is 2.18. The van der Waals surface area contributed by atoms with E-state index in [0.717, 1.165) is 27.9 Å². The minimum absolute atomic E-state index is 0.0268. The Hall–Kier alpha value is -2.82. The molecule has 2 aromatic heterocycles. The Morgan fingerprint density at radius 2 is 2.09 bits per heavy atom. The highest BCUT2D eigenvalue weighted by Gasteiger charge is 2.10. The standard InChI is InChI=1S/C18H19N3O2/c1-2-23-16-8-4-3-6-13(16)11-20-17(22)10-14-12-21-18-15(14)7-5-9-19-18/h3-9,12H,2,10-11H2,1H3,(H,19,21)(H,20,22). The van der Waals surface area contributed by atoms with Crippen molar-refractivity contribution in [2.45, 2.75) is 19.9 Å². The van der Waals surface area contributed by atoms with E-state index in [1.165, 1.54) is 0 Å². The van der Waals surface area contributed by atoms with Crippen molar-refractivity contribution in [2.75, 3.05) is 6.61 Å². The van der Waals surface area contributed by atoms with Crippen LogP contribution >= 0.6 is 0 Å². The van der Waals surface area contributed by atoms with Gasteiger partial charge in [-0.15, -0.1) is 0 Å². The average Bonchev–Trinajstić information content (AvgIpc) is 2.98. The summed E-state index contributed by atoms with van der Waals surface area (Å²) >= 11 is 0. The molecule has 0 unspecified atom stereocenters. The Bertz CT molecular complexity index is 811. The van der Waals surface area contributed by atoms with Crippen LogP contribution in [-0.4, -0.2) is 22.5 Å². The van der Waals surface area contributed by atoms with Gasteiger partial charge in [0.05, 0.1) is 13.0 Å². The van der Waals surface area contributed by atoms with Crippen molar-refractivity contribution in [3.05, 3.63) is 59.9 Å². The zero-order valence-corrected chi connectivity index (χ0v) is 13.0. The molecule has 0 atom stereocenters. The molecule has 1 amide bonds. The number of ether oxygens (including phenoxy) is 1. The van der Waals surface area contributed by atoms with Crippen molar-refractivity contribution >= 4 is 16.9 Å². The first-order chi connectivity index (χ1) is 11.3. The first-order valence-corrected chi connectivity index (χ1v) is 7.66. The molecule has 5 heteroatoms. The molecule has 0 fully saturated rings. The molecule has 0 bridgehead atoms. The van der Waals surface area contributed by atoms with Crippen LogP contribution in [0.2, 0.25) is 0 Å². The van der Waals surface area contributed by atoms with Gasteiger partial charge in [0.25, 0.3) is 0 Å². The van der Waals surface area contributed by atoms with Crippen LogP contribution in [0.15, 0.2) is 48.8 Å². The number of hydrogen-bond acceptors (Lipinski definition) is 3. The predicted molar refractivity (Wildman–Crippen MR) is 89.3 cm³/mol. The second kappa shape index (κ2) is 6.96. The van der Waals surface area contributed by atoms with Crippen LogP contribution in [0.1, 0.15) is 18.1 Å². The lowest BCUT2D eigenvalue weighted by atomic mass is 10.1. The topological polar surface area (TPSA) is 67.0 Å². The van der Waals surface area contributed by atoms with E-state index in [-0.39, 0.29) is 5.91 Å². The van der Waals surface area contributed by atoms with Crippen molar-refractivity contribution in [3.8, 4) is 5.75 Å². The van der Waals surface area contributed by atoms with Crippen LogP contribution < -0.4 is 10.1 Å². The maximum atomic E-state index is 12.2. The zero-order chi connectivity index (χ0) is 16.1. The molecule has 0 radical (unpaired) electrons. The van der Waals surface area contributed by atoms with Gasteiger partial charge < -0.3 is 15.0 Å². The number of H-pyrrole nitrogens is 1. The molecule has 2 heterocycles. The van der Waals surface area contributed by atoms with E-state index in [1.54, 1.807) is 6.20 Å². The van der Waals surface area contributed by atoms with Crippen molar-refractivity contribution in [1.29, 1.82) is 0 Å². The predicted octanol–water partition coefficient (Wildman–Crippen LogP) is 2.82. The molecule has 118 valence electrons. The van der Waals surface area contributed by atoms with Gasteiger partial charge in [-0.05, 0) is 30.7 Å². The van der Waals surface area contributed by atoms with Gasteiger partial charge in [0.2, 0.25) is 5.91 Å². The van der Waals surface area contributed by atoms with Crippen molar-refractivity contribution in [1.82, 2.24) is 15.3 Å². The van der Waals surface area contributed by atoms with Gasteiger partial charge in [-0.1, -0.05) is 18.2 Å². The van der Waals surface area contributed by atoms with Crippen molar-refractivity contribution in [3.63, 3.8) is 0 Å². The fourth-order valence-corrected chi connectivity index (χ4v) is 2.53. The van der Waals surface area contributed by atoms with E-state index in [4.69, 9.17) is 4.74 Å². The summed E-state index contributed by atoms with van der Waals surface area (Å²) in [5.41, 5.74) is 2.73. The number of rotatable bonds is 6. The third-order valence-electron chi connectivity index (χ3n) is 3.64. The Morgan fingerprint density at radius 3 is 2.96 bits per heavy atom. The van der Waals surface area contributed by atoms with E-state index in [0.29, 0.717) is 19.6 Å². The second-order valence-corrected chi connectivity index (χ2v) is 5.21. The molecule has 1 aromatic carbocycles. The quantitative estimate of drug-likeness (QED) is 0.736. The van der Waals surface area contributed by atoms with Crippen LogP contribution in [0.3, 0.4) is 0 Å². The van der Waals surface area contributed by atoms with Crippen LogP contribution in [0.25, 0.3) is 11.0 Å². The van der Waals surface area contributed by atoms with E-state index in [9.17, 15) is 4.79 Å². The summed E-state index contributed by atoms with van der Waals surface area (Å²) in [6.07, 6.45) is 3.89. The van der Waals surface area contributed by atoms with Gasteiger partial charge in [-0.25, -0.2) is 4.98 Å². The molecule has 0 aliphatic carbocycles. The largest absolute Gasteiger partial charge is 0.494 e. The van der Waals surface area contributed by atoms with Crippen LogP contribution in [0, 0.1) is 0 Å². The fraction of sp³-hybridized carbons (Fsp3) is 0.222. The molecule has 3 rings (SSSR count). The summed E-state index contributed by atoms with van der Waals surface area (Å²) in [4.78, 5) is 19.5. The summed E-state index contributed by atoms with van der Waals surface area (Å²) in [6, 6.07) is 11.6. The summed E-state index contributed by atoms with van der Waals surface area (Å²) in [6.45, 7) is 3.00. The average molecular weight is 309 g/mol. The molecule has 0 aliphatic rings. The number of carbonyl (C=O) groups excluding carboxylic acids is 1. The summed E-state index contributed by atoms with van der Waals surface area (Å²) in [5, 5.41) is 3.93. The second-order valence-electron chi connectivity index (χ2n) is 5.21. The van der Waals surface area contributed by atoms with Crippen molar-refractivity contribution in [2.24, 2.45) is 0 Å². The minimum atomic E-state index is -0.0268. The van der Waals surface area contributed by atoms with Gasteiger partial charge in [0.1, 0.15) is 11.4 Å². The molecular weight excluding hydrogens is 290 g/mol. The molecule has 0 saturated carbocycles. The molecule has 2 N–H and O–H groups in total. The smallest absolute Gasteiger partial charge is 0.224 e. The lowest BCUT2D eigenvalue weighted by Crippen LogP contribution is -2.24. The number of carbonyl (C=O) groups is 1. The van der Waals surface area contributed by atoms with Gasteiger partial charge in [-0.2, -0.15) is 0 Å². The number of aromatic nitrogens is 2. The third kappa shape index (κ3) is 3.51. The SMILES string of the molecule is CCOc1ccccc1CNC(=O)Cc1c[nH]c2ncccc12. The van der Waals surface area contributed by atoms with E-state index < -0.39 is 0 Å². The molecule has 0 saturated heterocycles. The minimum Gasteiger partial charge on any atom is -0.494 e. The molecular formula is C18H19N3O2. The Morgan fingerprint density at radius 1 is 1.22 bits per heavy atom. The molecule has 23 heavy (non-hydrogen) atoms. The first-order valence-electron chi connectivity index (χ1n) is 7.66. The first kappa shape index (κ1) is 15.1. The molecule has 3 aromatic rings. The maximum Gasteiger partial charge on any atom is 0.224 e. The molecule has 0 aliphatic heterocycles. The number of para-hydroxylation sites is 1. The number of amides is 1.